The summed E-state index contributed by atoms with van der Waals surface area (Å²) in [5.41, 5.74) is 2.04. The summed E-state index contributed by atoms with van der Waals surface area (Å²) in [7, 11) is 1.58. The molecular weight excluding hydrogens is 480 g/mol. The van der Waals surface area contributed by atoms with Crippen LogP contribution in [0.2, 0.25) is 0 Å². The van der Waals surface area contributed by atoms with Crippen molar-refractivity contribution in [1.29, 1.82) is 0 Å². The van der Waals surface area contributed by atoms with Gasteiger partial charge in [-0.1, -0.05) is 20.8 Å². The molecule has 1 aromatic heterocycles. The summed E-state index contributed by atoms with van der Waals surface area (Å²) in [4.78, 5) is 15.0. The molecule has 0 spiro atoms. The highest BCUT2D eigenvalue weighted by atomic mass is 19.1. The van der Waals surface area contributed by atoms with E-state index in [4.69, 9.17) is 19.3 Å². The predicted octanol–water partition coefficient (Wildman–Crippen LogP) is 5.68. The molecule has 1 atom stereocenters. The largest absolute Gasteiger partial charge is 0.497 e. The van der Waals surface area contributed by atoms with E-state index in [0.29, 0.717) is 42.3 Å². The first-order chi connectivity index (χ1) is 17.8. The number of hydrogen-bond acceptors (Lipinski definition) is 5. The van der Waals surface area contributed by atoms with Gasteiger partial charge in [0, 0.05) is 25.1 Å². The molecule has 9 heteroatoms. The average molecular weight is 514 g/mol. The molecule has 1 amide bonds. The van der Waals surface area contributed by atoms with Crippen molar-refractivity contribution in [2.75, 3.05) is 20.3 Å². The molecule has 1 fully saturated rings. The molecule has 7 nitrogen and oxygen atoms in total. The number of rotatable bonds is 10. The first-order valence-electron chi connectivity index (χ1n) is 12.6. The van der Waals surface area contributed by atoms with Gasteiger partial charge in [0.2, 0.25) is 11.8 Å². The lowest BCUT2D eigenvalue weighted by Gasteiger charge is -2.27. The van der Waals surface area contributed by atoms with Crippen LogP contribution in [0.3, 0.4) is 0 Å². The van der Waals surface area contributed by atoms with Crippen LogP contribution >= 0.6 is 0 Å². The zero-order valence-electron chi connectivity index (χ0n) is 21.7. The van der Waals surface area contributed by atoms with E-state index in [0.717, 1.165) is 25.0 Å². The summed E-state index contributed by atoms with van der Waals surface area (Å²) in [6, 6.07) is 10.4. The molecule has 3 aromatic rings. The molecule has 0 bridgehead atoms. The fourth-order valence-electron chi connectivity index (χ4n) is 4.41. The summed E-state index contributed by atoms with van der Waals surface area (Å²) >= 11 is 0. The molecule has 0 aliphatic carbocycles. The molecule has 0 saturated carbocycles. The molecule has 37 heavy (non-hydrogen) atoms. The molecule has 0 radical (unpaired) electrons. The Morgan fingerprint density at radius 3 is 2.57 bits per heavy atom. The van der Waals surface area contributed by atoms with Gasteiger partial charge in [-0.25, -0.2) is 13.5 Å². The van der Waals surface area contributed by atoms with Crippen LogP contribution in [0.5, 0.6) is 17.4 Å². The van der Waals surface area contributed by atoms with Crippen LogP contribution in [0.25, 0.3) is 5.69 Å². The maximum Gasteiger partial charge on any atom is 0.228 e. The minimum absolute atomic E-state index is 0.0198. The van der Waals surface area contributed by atoms with Gasteiger partial charge >= 0.3 is 0 Å². The number of ether oxygens (including phenoxy) is 3. The van der Waals surface area contributed by atoms with E-state index >= 15 is 0 Å². The topological polar surface area (TPSA) is 65.8 Å². The lowest BCUT2D eigenvalue weighted by molar-refractivity contribution is -0.136. The maximum absolute atomic E-state index is 14.7. The third-order valence-electron chi connectivity index (χ3n) is 6.37. The number of carbonyl (C=O) groups is 1. The van der Waals surface area contributed by atoms with Gasteiger partial charge in [-0.15, -0.1) is 0 Å². The second kappa shape index (κ2) is 11.7. The van der Waals surface area contributed by atoms with E-state index in [1.807, 2.05) is 32.9 Å². The molecule has 198 valence electrons. The predicted molar refractivity (Wildman–Crippen MR) is 135 cm³/mol. The summed E-state index contributed by atoms with van der Waals surface area (Å²) < 4.78 is 47.0. The molecule has 0 unspecified atom stereocenters. The van der Waals surface area contributed by atoms with Gasteiger partial charge < -0.3 is 19.1 Å². The van der Waals surface area contributed by atoms with E-state index in [-0.39, 0.29) is 36.1 Å². The molecule has 0 N–H and O–H groups in total. The SMILES string of the molecule is CCc1nn(-c2ccc(OC)cc2)c(Oc2ccc(F)cc2F)c1CN(C[C@H]1CCCO1)C(=O)C(C)C. The van der Waals surface area contributed by atoms with Crippen molar-refractivity contribution in [1.82, 2.24) is 14.7 Å². The van der Waals surface area contributed by atoms with Crippen LogP contribution in [-0.4, -0.2) is 47.0 Å². The second-order valence-corrected chi connectivity index (χ2v) is 9.38. The van der Waals surface area contributed by atoms with Gasteiger partial charge in [0.05, 0.1) is 36.7 Å². The van der Waals surface area contributed by atoms with Gasteiger partial charge in [-0.2, -0.15) is 5.10 Å². The summed E-state index contributed by atoms with van der Waals surface area (Å²) in [5.74, 6) is -0.976. The third-order valence-corrected chi connectivity index (χ3v) is 6.37. The van der Waals surface area contributed by atoms with Crippen LogP contribution < -0.4 is 9.47 Å². The Balaban J connectivity index is 1.80. The number of aromatic nitrogens is 2. The standard InChI is InChI=1S/C28H33F2N3O4/c1-5-25-23(17-32(27(34)18(2)3)16-22-7-6-14-36-22)28(37-26-13-8-19(29)15-24(26)30)33(31-25)20-9-11-21(35-4)12-10-20/h8-13,15,18,22H,5-7,14,16-17H2,1-4H3/t22-/m1/s1. The summed E-state index contributed by atoms with van der Waals surface area (Å²) in [5, 5.41) is 4.77. The zero-order valence-corrected chi connectivity index (χ0v) is 21.7. The fraction of sp³-hybridized carbons (Fsp3) is 0.429. The van der Waals surface area contributed by atoms with Crippen molar-refractivity contribution >= 4 is 5.91 Å². The Morgan fingerprint density at radius 1 is 1.22 bits per heavy atom. The highest BCUT2D eigenvalue weighted by molar-refractivity contribution is 5.78. The van der Waals surface area contributed by atoms with Crippen molar-refractivity contribution in [3.8, 4) is 23.1 Å². The van der Waals surface area contributed by atoms with Gasteiger partial charge in [0.15, 0.2) is 11.6 Å². The highest BCUT2D eigenvalue weighted by Gasteiger charge is 2.29. The first-order valence-corrected chi connectivity index (χ1v) is 12.6. The summed E-state index contributed by atoms with van der Waals surface area (Å²) in [6.07, 6.45) is 2.37. The molecule has 4 rings (SSSR count). The Kier molecular flexibility index (Phi) is 8.43. The Labute approximate surface area is 215 Å². The third kappa shape index (κ3) is 6.10. The smallest absolute Gasteiger partial charge is 0.228 e. The number of amides is 1. The number of halogens is 2. The van der Waals surface area contributed by atoms with Crippen LogP contribution in [0, 0.1) is 17.6 Å². The van der Waals surface area contributed by atoms with Gasteiger partial charge in [-0.3, -0.25) is 4.79 Å². The van der Waals surface area contributed by atoms with Crippen LogP contribution in [0.1, 0.15) is 44.9 Å². The minimum atomic E-state index is -0.832. The van der Waals surface area contributed by atoms with Gasteiger partial charge in [-0.05, 0) is 55.7 Å². The lowest BCUT2D eigenvalue weighted by atomic mass is 10.1. The minimum Gasteiger partial charge on any atom is -0.497 e. The average Bonchev–Trinajstić information content (AvgIpc) is 3.52. The lowest BCUT2D eigenvalue weighted by Crippen LogP contribution is -2.39. The number of methoxy groups -OCH3 is 1. The number of aryl methyl sites for hydroxylation is 1. The van der Waals surface area contributed by atoms with Crippen molar-refractivity contribution in [2.24, 2.45) is 5.92 Å². The van der Waals surface area contributed by atoms with Gasteiger partial charge in [0.1, 0.15) is 11.6 Å². The number of benzene rings is 2. The van der Waals surface area contributed by atoms with E-state index < -0.39 is 11.6 Å². The van der Waals surface area contributed by atoms with E-state index in [1.54, 1.807) is 28.8 Å². The Bertz CT molecular complexity index is 1220. The molecule has 1 aliphatic rings. The van der Waals surface area contributed by atoms with Crippen molar-refractivity contribution in [3.05, 3.63) is 65.4 Å². The molecule has 1 saturated heterocycles. The monoisotopic (exact) mass is 513 g/mol. The van der Waals surface area contributed by atoms with Gasteiger partial charge in [0.25, 0.3) is 0 Å². The van der Waals surface area contributed by atoms with E-state index in [1.165, 1.54) is 6.07 Å². The number of hydrogen-bond donors (Lipinski definition) is 0. The quantitative estimate of drug-likeness (QED) is 0.349. The van der Waals surface area contributed by atoms with Crippen LogP contribution in [0.15, 0.2) is 42.5 Å². The van der Waals surface area contributed by atoms with Crippen molar-refractivity contribution in [3.63, 3.8) is 0 Å². The maximum atomic E-state index is 14.7. The van der Waals surface area contributed by atoms with Crippen molar-refractivity contribution < 1.29 is 27.8 Å². The van der Waals surface area contributed by atoms with E-state index in [2.05, 4.69) is 0 Å². The first kappa shape index (κ1) is 26.6. The van der Waals surface area contributed by atoms with Crippen LogP contribution in [0.4, 0.5) is 8.78 Å². The number of carbonyl (C=O) groups excluding carboxylic acids is 1. The zero-order chi connectivity index (χ0) is 26.5. The van der Waals surface area contributed by atoms with E-state index in [9.17, 15) is 13.6 Å². The molecule has 2 heterocycles. The number of nitrogens with zero attached hydrogens (tertiary/aromatic N) is 3. The fourth-order valence-corrected chi connectivity index (χ4v) is 4.41. The molecule has 1 aliphatic heterocycles. The normalized spacial score (nSPS) is 15.3. The van der Waals surface area contributed by atoms with Crippen molar-refractivity contribution in [2.45, 2.75) is 52.7 Å². The van der Waals surface area contributed by atoms with Crippen LogP contribution in [-0.2, 0) is 22.5 Å². The molecular formula is C28H33F2N3O4. The highest BCUT2D eigenvalue weighted by Crippen LogP contribution is 2.34. The summed E-state index contributed by atoms with van der Waals surface area (Å²) in [6.45, 7) is 7.02. The molecule has 2 aromatic carbocycles. The Hall–Kier alpha value is -3.46. The Morgan fingerprint density at radius 2 is 1.97 bits per heavy atom. The second-order valence-electron chi connectivity index (χ2n) is 9.38.